The second-order valence-electron chi connectivity index (χ2n) is 24.8. The molecule has 18 heteroatoms. The zero-order chi connectivity index (χ0) is 70.6. The number of pyridine rings is 3. The second kappa shape index (κ2) is 28.6. The van der Waals surface area contributed by atoms with Crippen molar-refractivity contribution in [1.29, 1.82) is 0 Å². The number of fused-ring (bicyclic) bond motifs is 3. The minimum absolute atomic E-state index is 0.0201. The molecule has 6 aromatic heterocycles. The fraction of sp³-hybridized carbons (Fsp3) is 0.0964. The molecule has 15 rings (SSSR count). The largest absolute Gasteiger partial charge is 0.322 e. The summed E-state index contributed by atoms with van der Waals surface area (Å²) in [5.74, 6) is -1.11. The fourth-order valence-corrected chi connectivity index (χ4v) is 12.0. The fourth-order valence-electron chi connectivity index (χ4n) is 12.0. The maximum Gasteiger partial charge on any atom is 0.255 e. The van der Waals surface area contributed by atoms with Crippen LogP contribution in [-0.4, -0.2) is 61.5 Å². The standard InChI is InChI=1S/C28H23FN4O.C28H24N4O.C27H20F2N4O/c1-17-6-11-22(12-7-17)30-28(34)25-16-20(9-8-18(25)2)24-5-4-14-33-26(31-32-27(24)33)23-13-10-21(29)15-19(23)3;1-18-10-14-22(15-11-18)29-28(33)25-17-21(13-12-20(25)3)24-9-6-16-32-26(30-31-27(24)32)23-8-5-4-7-19(23)2;1-16-8-12-19(13-9-16)30-27(34)22-15-18(11-10-17(22)2)20-6-4-14-33-25(20)31-32-26(33)21-5-3-7-23(28)24(21)29/h4-16H,1-3H3,(H,30,34);4-17H,1-3H3,(H,29,33);3-15H,1-2H3,(H,30,34). The van der Waals surface area contributed by atoms with Crippen LogP contribution in [0.1, 0.15) is 75.6 Å². The maximum atomic E-state index is 14.4. The van der Waals surface area contributed by atoms with Crippen LogP contribution in [0.3, 0.4) is 0 Å². The minimum Gasteiger partial charge on any atom is -0.322 e. The molecule has 3 N–H and O–H groups in total. The van der Waals surface area contributed by atoms with Crippen molar-refractivity contribution in [1.82, 2.24) is 43.8 Å². The van der Waals surface area contributed by atoms with Crippen molar-refractivity contribution >= 4 is 51.7 Å². The lowest BCUT2D eigenvalue weighted by molar-refractivity contribution is 0.101. The summed E-state index contributed by atoms with van der Waals surface area (Å²) in [6.07, 6.45) is 5.55. The van der Waals surface area contributed by atoms with Crippen LogP contribution < -0.4 is 16.0 Å². The van der Waals surface area contributed by atoms with Crippen LogP contribution in [0.2, 0.25) is 0 Å². The van der Waals surface area contributed by atoms with Gasteiger partial charge in [-0.2, -0.15) is 0 Å². The van der Waals surface area contributed by atoms with E-state index in [1.807, 2.05) is 233 Å². The number of anilines is 3. The van der Waals surface area contributed by atoms with Gasteiger partial charge in [-0.1, -0.05) is 120 Å². The second-order valence-corrected chi connectivity index (χ2v) is 24.8. The van der Waals surface area contributed by atoms with E-state index in [2.05, 4.69) is 65.6 Å². The molecule has 15 nitrogen and oxygen atoms in total. The summed E-state index contributed by atoms with van der Waals surface area (Å²) in [6.45, 7) is 15.7. The number of hydrogen-bond acceptors (Lipinski definition) is 9. The highest BCUT2D eigenvalue weighted by Crippen LogP contribution is 2.34. The lowest BCUT2D eigenvalue weighted by Crippen LogP contribution is -2.13. The average Bonchev–Trinajstić information content (AvgIpc) is 1.68. The first kappa shape index (κ1) is 66.6. The first-order valence-electron chi connectivity index (χ1n) is 32.6. The van der Waals surface area contributed by atoms with Crippen molar-refractivity contribution in [2.45, 2.75) is 55.4 Å². The van der Waals surface area contributed by atoms with Crippen molar-refractivity contribution in [3.8, 4) is 67.5 Å². The molecule has 0 saturated heterocycles. The predicted octanol–water partition coefficient (Wildman–Crippen LogP) is 18.8. The van der Waals surface area contributed by atoms with Crippen molar-refractivity contribution < 1.29 is 27.6 Å². The van der Waals surface area contributed by atoms with Gasteiger partial charge in [0.25, 0.3) is 17.7 Å². The van der Waals surface area contributed by atoms with Crippen molar-refractivity contribution in [3.63, 3.8) is 0 Å². The summed E-state index contributed by atoms with van der Waals surface area (Å²) in [7, 11) is 0. The molecule has 0 bridgehead atoms. The quantitative estimate of drug-likeness (QED) is 0.107. The molecule has 0 spiro atoms. The van der Waals surface area contributed by atoms with Gasteiger partial charge in [-0.3, -0.25) is 27.6 Å². The van der Waals surface area contributed by atoms with Crippen molar-refractivity contribution in [3.05, 3.63) is 322 Å². The Labute approximate surface area is 580 Å². The van der Waals surface area contributed by atoms with Crippen molar-refractivity contribution in [2.24, 2.45) is 0 Å². The molecule has 0 radical (unpaired) electrons. The van der Waals surface area contributed by atoms with E-state index in [0.717, 1.165) is 112 Å². The van der Waals surface area contributed by atoms with E-state index < -0.39 is 11.6 Å². The van der Waals surface area contributed by atoms with E-state index in [0.29, 0.717) is 45.1 Å². The molecule has 0 unspecified atom stereocenters. The Hall–Kier alpha value is -13.0. The summed E-state index contributed by atoms with van der Waals surface area (Å²) in [5, 5.41) is 35.1. The van der Waals surface area contributed by atoms with E-state index >= 15 is 0 Å². The highest BCUT2D eigenvalue weighted by molar-refractivity contribution is 6.08. The maximum absolute atomic E-state index is 14.4. The molecule has 6 heterocycles. The number of carbonyl (C=O) groups excluding carboxylic acids is 3. The van der Waals surface area contributed by atoms with Crippen LogP contribution in [0.5, 0.6) is 0 Å². The van der Waals surface area contributed by atoms with E-state index in [4.69, 9.17) is 0 Å². The number of hydrogen-bond donors (Lipinski definition) is 3. The Morgan fingerprint density at radius 1 is 0.307 bits per heavy atom. The van der Waals surface area contributed by atoms with Gasteiger partial charge in [0.1, 0.15) is 5.82 Å². The van der Waals surface area contributed by atoms with E-state index in [1.54, 1.807) is 28.8 Å². The van der Waals surface area contributed by atoms with Crippen LogP contribution in [0, 0.1) is 72.8 Å². The molecule has 0 aliphatic carbocycles. The van der Waals surface area contributed by atoms with Crippen LogP contribution in [-0.2, 0) is 0 Å². The molecule has 498 valence electrons. The third-order valence-electron chi connectivity index (χ3n) is 17.6. The van der Waals surface area contributed by atoms with Crippen LogP contribution in [0.4, 0.5) is 30.2 Å². The monoisotopic (exact) mass is 1340 g/mol. The van der Waals surface area contributed by atoms with Crippen LogP contribution in [0.25, 0.3) is 84.5 Å². The topological polar surface area (TPSA) is 178 Å². The number of benzene rings is 9. The molecule has 101 heavy (non-hydrogen) atoms. The van der Waals surface area contributed by atoms with Crippen molar-refractivity contribution in [2.75, 3.05) is 16.0 Å². The highest BCUT2D eigenvalue weighted by Gasteiger charge is 2.22. The Balaban J connectivity index is 0.000000135. The Bertz CT molecular complexity index is 5670. The molecule has 0 fully saturated rings. The van der Waals surface area contributed by atoms with Crippen LogP contribution >= 0.6 is 0 Å². The predicted molar refractivity (Wildman–Crippen MR) is 393 cm³/mol. The molecule has 3 amide bonds. The van der Waals surface area contributed by atoms with Crippen LogP contribution in [0.15, 0.2) is 243 Å². The first-order valence-corrected chi connectivity index (χ1v) is 32.6. The Morgan fingerprint density at radius 3 is 1.03 bits per heavy atom. The van der Waals surface area contributed by atoms with Gasteiger partial charge in [0.05, 0.1) is 5.56 Å². The van der Waals surface area contributed by atoms with Gasteiger partial charge in [-0.15, -0.1) is 30.6 Å². The molecule has 15 aromatic rings. The number of rotatable bonds is 12. The number of carbonyl (C=O) groups is 3. The molecule has 0 aliphatic rings. The molecular formula is C83H67F3N12O3. The summed E-state index contributed by atoms with van der Waals surface area (Å²) < 4.78 is 47.3. The van der Waals surface area contributed by atoms with Gasteiger partial charge < -0.3 is 16.0 Å². The summed E-state index contributed by atoms with van der Waals surface area (Å²) >= 11 is 0. The smallest absolute Gasteiger partial charge is 0.255 e. The van der Waals surface area contributed by atoms with Gasteiger partial charge in [0.2, 0.25) is 0 Å². The summed E-state index contributed by atoms with van der Waals surface area (Å²) in [5.41, 5.74) is 20.7. The zero-order valence-corrected chi connectivity index (χ0v) is 56.5. The minimum atomic E-state index is -0.979. The lowest BCUT2D eigenvalue weighted by atomic mass is 9.99. The van der Waals surface area contributed by atoms with Gasteiger partial charge in [-0.05, 0) is 221 Å². The number of aromatic nitrogens is 9. The molecular weight excluding hydrogens is 1270 g/mol. The molecule has 0 aliphatic heterocycles. The van der Waals surface area contributed by atoms with E-state index in [-0.39, 0.29) is 34.9 Å². The third kappa shape index (κ3) is 14.1. The molecule has 0 saturated carbocycles. The number of halogens is 3. The van der Waals surface area contributed by atoms with E-state index in [9.17, 15) is 27.6 Å². The number of amides is 3. The number of nitrogens with zero attached hydrogens (tertiary/aromatic N) is 9. The third-order valence-corrected chi connectivity index (χ3v) is 17.6. The van der Waals surface area contributed by atoms with Gasteiger partial charge >= 0.3 is 0 Å². The number of nitrogens with one attached hydrogen (secondary N) is 3. The van der Waals surface area contributed by atoms with E-state index in [1.165, 1.54) is 24.3 Å². The number of aryl methyl sites for hydroxylation is 8. The normalized spacial score (nSPS) is 11.0. The average molecular weight is 1340 g/mol. The Kier molecular flexibility index (Phi) is 18.9. The molecule has 0 atom stereocenters. The van der Waals surface area contributed by atoms with Gasteiger partial charge in [0.15, 0.2) is 46.0 Å². The zero-order valence-electron chi connectivity index (χ0n) is 56.5. The molecule has 9 aromatic carbocycles. The highest BCUT2D eigenvalue weighted by atomic mass is 19.2. The van der Waals surface area contributed by atoms with Gasteiger partial charge in [-0.25, -0.2) is 13.2 Å². The Morgan fingerprint density at radius 2 is 0.653 bits per heavy atom. The lowest BCUT2D eigenvalue weighted by Gasteiger charge is -2.11. The summed E-state index contributed by atoms with van der Waals surface area (Å²) in [4.78, 5) is 39.1. The summed E-state index contributed by atoms with van der Waals surface area (Å²) in [6, 6.07) is 68.6. The first-order chi connectivity index (χ1) is 48.8. The van der Waals surface area contributed by atoms with Gasteiger partial charge in [0, 0.05) is 80.2 Å². The SMILES string of the molecule is Cc1ccc(NC(=O)c2cc(-c3cccn4c(-c5ccc(F)cc5C)nnc34)ccc2C)cc1.Cc1ccc(NC(=O)c2cc(-c3cccn4c(-c5cccc(F)c5F)nnc34)ccc2C)cc1.Cc1ccc(NC(=O)c2cc(-c3cccn4c(-c5ccccc5C)nnc34)ccc2C)cc1.